The van der Waals surface area contributed by atoms with Gasteiger partial charge in [0.25, 0.3) is 5.91 Å². The van der Waals surface area contributed by atoms with Crippen molar-refractivity contribution < 1.29 is 23.1 Å². The summed E-state index contributed by atoms with van der Waals surface area (Å²) in [5.41, 5.74) is 0.283. The van der Waals surface area contributed by atoms with Crippen molar-refractivity contribution in [2.24, 2.45) is 0 Å². The number of carbonyl (C=O) groups is 2. The number of nitrogens with one attached hydrogen (secondary N) is 1. The van der Waals surface area contributed by atoms with Crippen LogP contribution in [0.15, 0.2) is 40.8 Å². The lowest BCUT2D eigenvalue weighted by Gasteiger charge is -2.02. The molecule has 21 heavy (non-hydrogen) atoms. The molecule has 0 aliphatic carbocycles. The number of hydrogen-bond acceptors (Lipinski definition) is 4. The van der Waals surface area contributed by atoms with Crippen LogP contribution in [0.2, 0.25) is 0 Å². The average molecular weight is 291 g/mol. The van der Waals surface area contributed by atoms with Gasteiger partial charge >= 0.3 is 5.97 Å². The maximum Gasteiger partial charge on any atom is 0.307 e. The van der Waals surface area contributed by atoms with Gasteiger partial charge in [-0.05, 0) is 24.3 Å². The third-order valence-electron chi connectivity index (χ3n) is 2.81. The molecule has 1 N–H and O–H groups in total. The topological polar surface area (TPSA) is 68.5 Å². The van der Waals surface area contributed by atoms with E-state index < -0.39 is 17.7 Å². The fraction of sp³-hybridized carbons (Fsp3) is 0.200. The summed E-state index contributed by atoms with van der Waals surface area (Å²) < 4.78 is 23.4. The maximum atomic E-state index is 13.6. The molecular formula is C15H14FNO4. The second-order valence-electron chi connectivity index (χ2n) is 4.23. The van der Waals surface area contributed by atoms with E-state index in [1.807, 2.05) is 0 Å². The normalized spacial score (nSPS) is 10.2. The Morgan fingerprint density at radius 1 is 1.24 bits per heavy atom. The minimum atomic E-state index is -0.471. The monoisotopic (exact) mass is 291 g/mol. The summed E-state index contributed by atoms with van der Waals surface area (Å²) in [7, 11) is 1.28. The van der Waals surface area contributed by atoms with Gasteiger partial charge in [0.2, 0.25) is 0 Å². The highest BCUT2D eigenvalue weighted by Gasteiger charge is 2.14. The number of methoxy groups -OCH3 is 1. The number of benzene rings is 1. The van der Waals surface area contributed by atoms with E-state index in [9.17, 15) is 14.0 Å². The lowest BCUT2D eigenvalue weighted by molar-refractivity contribution is -0.140. The Balaban J connectivity index is 2.01. The summed E-state index contributed by atoms with van der Waals surface area (Å²) in [6, 6.07) is 9.10. The zero-order valence-electron chi connectivity index (χ0n) is 11.4. The number of rotatable bonds is 5. The van der Waals surface area contributed by atoms with Crippen LogP contribution in [-0.4, -0.2) is 25.5 Å². The highest BCUT2D eigenvalue weighted by molar-refractivity contribution is 5.92. The second-order valence-corrected chi connectivity index (χ2v) is 4.23. The van der Waals surface area contributed by atoms with E-state index >= 15 is 0 Å². The molecule has 0 saturated heterocycles. The van der Waals surface area contributed by atoms with Crippen LogP contribution in [0, 0.1) is 5.82 Å². The number of furan rings is 1. The molecule has 0 radical (unpaired) electrons. The van der Waals surface area contributed by atoms with Gasteiger partial charge in [-0.3, -0.25) is 9.59 Å². The van der Waals surface area contributed by atoms with E-state index in [1.54, 1.807) is 18.2 Å². The standard InChI is InChI=1S/C15H14FNO4/c1-20-14(18)8-9-17-15(19)13-7-6-12(21-13)10-4-2-3-5-11(10)16/h2-7H,8-9H2,1H3,(H,17,19). The van der Waals surface area contributed by atoms with Crippen molar-refractivity contribution in [2.75, 3.05) is 13.7 Å². The molecule has 2 rings (SSSR count). The first-order chi connectivity index (χ1) is 10.1. The maximum absolute atomic E-state index is 13.6. The van der Waals surface area contributed by atoms with Crippen LogP contribution in [0.4, 0.5) is 4.39 Å². The number of halogens is 1. The molecule has 0 bridgehead atoms. The number of hydrogen-bond donors (Lipinski definition) is 1. The fourth-order valence-corrected chi connectivity index (χ4v) is 1.73. The van der Waals surface area contributed by atoms with Crippen LogP contribution < -0.4 is 5.32 Å². The van der Waals surface area contributed by atoms with Gasteiger partial charge in [0.05, 0.1) is 19.1 Å². The Kier molecular flexibility index (Phi) is 4.71. The first-order valence-electron chi connectivity index (χ1n) is 6.31. The number of carbonyl (C=O) groups excluding carboxylic acids is 2. The molecule has 110 valence electrons. The van der Waals surface area contributed by atoms with Crippen molar-refractivity contribution in [1.29, 1.82) is 0 Å². The third-order valence-corrected chi connectivity index (χ3v) is 2.81. The summed E-state index contributed by atoms with van der Waals surface area (Å²) in [5.74, 6) is -0.989. The predicted molar refractivity (Wildman–Crippen MR) is 73.1 cm³/mol. The molecule has 0 spiro atoms. The summed E-state index contributed by atoms with van der Waals surface area (Å²) in [5, 5.41) is 2.52. The van der Waals surface area contributed by atoms with Gasteiger partial charge in [-0.15, -0.1) is 0 Å². The van der Waals surface area contributed by atoms with Crippen molar-refractivity contribution >= 4 is 11.9 Å². The molecule has 6 heteroatoms. The van der Waals surface area contributed by atoms with Crippen molar-refractivity contribution in [3.05, 3.63) is 48.0 Å². The number of amides is 1. The van der Waals surface area contributed by atoms with E-state index in [-0.39, 0.29) is 30.0 Å². The third kappa shape index (κ3) is 3.68. The molecule has 2 aromatic rings. The minimum absolute atomic E-state index is 0.0538. The molecule has 0 unspecified atom stereocenters. The molecule has 1 heterocycles. The number of ether oxygens (including phenoxy) is 1. The van der Waals surface area contributed by atoms with Crippen molar-refractivity contribution in [1.82, 2.24) is 5.32 Å². The van der Waals surface area contributed by atoms with Gasteiger partial charge in [0.15, 0.2) is 5.76 Å². The molecule has 1 aromatic carbocycles. The molecule has 0 aliphatic rings. The van der Waals surface area contributed by atoms with Gasteiger partial charge in [-0.1, -0.05) is 12.1 Å². The molecule has 5 nitrogen and oxygen atoms in total. The van der Waals surface area contributed by atoms with E-state index in [1.165, 1.54) is 25.3 Å². The van der Waals surface area contributed by atoms with Crippen LogP contribution in [0.5, 0.6) is 0 Å². The Morgan fingerprint density at radius 2 is 2.00 bits per heavy atom. The molecule has 0 fully saturated rings. The quantitative estimate of drug-likeness (QED) is 0.859. The van der Waals surface area contributed by atoms with Gasteiger partial charge < -0.3 is 14.5 Å². The highest BCUT2D eigenvalue weighted by atomic mass is 19.1. The summed E-state index contributed by atoms with van der Waals surface area (Å²) in [6.07, 6.45) is 0.0725. The van der Waals surface area contributed by atoms with Gasteiger partial charge in [-0.2, -0.15) is 0 Å². The zero-order valence-corrected chi connectivity index (χ0v) is 11.4. The van der Waals surface area contributed by atoms with Crippen molar-refractivity contribution in [3.63, 3.8) is 0 Å². The van der Waals surface area contributed by atoms with E-state index in [4.69, 9.17) is 4.42 Å². The summed E-state index contributed by atoms with van der Waals surface area (Å²) >= 11 is 0. The van der Waals surface area contributed by atoms with Crippen LogP contribution in [0.1, 0.15) is 17.0 Å². The molecule has 1 amide bonds. The smallest absolute Gasteiger partial charge is 0.307 e. The minimum Gasteiger partial charge on any atom is -0.469 e. The molecule has 0 aliphatic heterocycles. The van der Waals surface area contributed by atoms with Crippen LogP contribution in [0.3, 0.4) is 0 Å². The zero-order chi connectivity index (χ0) is 15.2. The molecule has 0 atom stereocenters. The van der Waals surface area contributed by atoms with E-state index in [2.05, 4.69) is 10.1 Å². The SMILES string of the molecule is COC(=O)CCNC(=O)c1ccc(-c2ccccc2F)o1. The van der Waals surface area contributed by atoms with Crippen LogP contribution >= 0.6 is 0 Å². The highest BCUT2D eigenvalue weighted by Crippen LogP contribution is 2.24. The van der Waals surface area contributed by atoms with E-state index in [0.717, 1.165) is 0 Å². The van der Waals surface area contributed by atoms with Crippen LogP contribution in [0.25, 0.3) is 11.3 Å². The summed E-state index contributed by atoms with van der Waals surface area (Å²) in [4.78, 5) is 22.7. The molecule has 1 aromatic heterocycles. The van der Waals surface area contributed by atoms with E-state index in [0.29, 0.717) is 0 Å². The molecule has 0 saturated carbocycles. The predicted octanol–water partition coefficient (Wildman–Crippen LogP) is 2.38. The Bertz CT molecular complexity index is 651. The number of esters is 1. The van der Waals surface area contributed by atoms with Gasteiger partial charge in [-0.25, -0.2) is 4.39 Å². The lowest BCUT2D eigenvalue weighted by Crippen LogP contribution is -2.25. The second kappa shape index (κ2) is 6.69. The van der Waals surface area contributed by atoms with Crippen molar-refractivity contribution in [3.8, 4) is 11.3 Å². The lowest BCUT2D eigenvalue weighted by atomic mass is 10.1. The first-order valence-corrected chi connectivity index (χ1v) is 6.31. The van der Waals surface area contributed by atoms with Gasteiger partial charge in [0, 0.05) is 6.54 Å². The Labute approximate surface area is 120 Å². The Hall–Kier alpha value is -2.63. The average Bonchev–Trinajstić information content (AvgIpc) is 2.97. The first kappa shape index (κ1) is 14.8. The Morgan fingerprint density at radius 3 is 2.71 bits per heavy atom. The fourth-order valence-electron chi connectivity index (χ4n) is 1.73. The molecular weight excluding hydrogens is 277 g/mol. The summed E-state index contributed by atoms with van der Waals surface area (Å²) in [6.45, 7) is 0.140. The van der Waals surface area contributed by atoms with Gasteiger partial charge in [0.1, 0.15) is 11.6 Å². The largest absolute Gasteiger partial charge is 0.469 e. The van der Waals surface area contributed by atoms with Crippen LogP contribution in [-0.2, 0) is 9.53 Å². The van der Waals surface area contributed by atoms with Crippen molar-refractivity contribution in [2.45, 2.75) is 6.42 Å².